The van der Waals surface area contributed by atoms with Gasteiger partial charge < -0.3 is 0 Å². The Labute approximate surface area is 78.4 Å². The van der Waals surface area contributed by atoms with Crippen LogP contribution in [0.5, 0.6) is 0 Å². The van der Waals surface area contributed by atoms with E-state index in [1.165, 1.54) is 0 Å². The standard InChI is InChI=1S/C8H12.2C2H6/c1-8(2)6-4-3-5-7-8;2*1-2/h4-7H,3H2,1-2H3;2*1-2H3. The normalized spacial score (nSPS) is 16.8. The maximum Gasteiger partial charge on any atom is 0.000462 e. The summed E-state index contributed by atoms with van der Waals surface area (Å²) in [6, 6.07) is 0. The second-order valence-corrected chi connectivity index (χ2v) is 2.86. The lowest BCUT2D eigenvalue weighted by Crippen LogP contribution is -2.03. The van der Waals surface area contributed by atoms with Crippen LogP contribution in [0.1, 0.15) is 48.0 Å². The molecule has 0 heteroatoms. The number of rotatable bonds is 0. The van der Waals surface area contributed by atoms with Gasteiger partial charge in [0.25, 0.3) is 0 Å². The van der Waals surface area contributed by atoms with Gasteiger partial charge in [0.1, 0.15) is 0 Å². The molecule has 0 heterocycles. The molecule has 0 fully saturated rings. The maximum atomic E-state index is 2.24. The van der Waals surface area contributed by atoms with Crippen molar-refractivity contribution in [1.82, 2.24) is 0 Å². The molecule has 0 aromatic rings. The van der Waals surface area contributed by atoms with Crippen LogP contribution in [0.25, 0.3) is 0 Å². The van der Waals surface area contributed by atoms with E-state index >= 15 is 0 Å². The van der Waals surface area contributed by atoms with Crippen LogP contribution in [0.15, 0.2) is 24.3 Å². The smallest absolute Gasteiger partial charge is 0.000462 e. The van der Waals surface area contributed by atoms with Gasteiger partial charge in [-0.2, -0.15) is 0 Å². The van der Waals surface area contributed by atoms with Gasteiger partial charge in [-0.3, -0.25) is 0 Å². The van der Waals surface area contributed by atoms with Crippen molar-refractivity contribution in [1.29, 1.82) is 0 Å². The molecule has 0 spiro atoms. The molecule has 0 aliphatic heterocycles. The molecule has 0 bridgehead atoms. The molecule has 0 unspecified atom stereocenters. The molecule has 72 valence electrons. The summed E-state index contributed by atoms with van der Waals surface area (Å²) < 4.78 is 0. The van der Waals surface area contributed by atoms with E-state index in [0.717, 1.165) is 6.42 Å². The monoisotopic (exact) mass is 168 g/mol. The SMILES string of the molecule is CC.CC.CC1(C)C=CCC=C1. The third-order valence-corrected chi connectivity index (χ3v) is 1.37. The zero-order chi connectivity index (χ0) is 10.0. The van der Waals surface area contributed by atoms with Crippen molar-refractivity contribution in [2.75, 3.05) is 0 Å². The van der Waals surface area contributed by atoms with E-state index in [2.05, 4.69) is 38.2 Å². The fourth-order valence-electron chi connectivity index (χ4n) is 0.878. The second kappa shape index (κ2) is 8.58. The van der Waals surface area contributed by atoms with Crippen LogP contribution < -0.4 is 0 Å². The van der Waals surface area contributed by atoms with Gasteiger partial charge in [-0.1, -0.05) is 65.8 Å². The maximum absolute atomic E-state index is 2.24. The molecule has 1 aliphatic rings. The quantitative estimate of drug-likeness (QED) is 0.464. The molecule has 1 aliphatic carbocycles. The highest BCUT2D eigenvalue weighted by molar-refractivity contribution is 5.13. The van der Waals surface area contributed by atoms with Crippen LogP contribution in [0, 0.1) is 5.41 Å². The van der Waals surface area contributed by atoms with Crippen molar-refractivity contribution in [3.8, 4) is 0 Å². The minimum absolute atomic E-state index is 0.318. The first-order chi connectivity index (χ1) is 5.71. The molecule has 0 radical (unpaired) electrons. The van der Waals surface area contributed by atoms with Gasteiger partial charge in [-0.15, -0.1) is 0 Å². The predicted octanol–water partition coefficient (Wildman–Crippen LogP) is 4.58. The average Bonchev–Trinajstić information content (AvgIpc) is 2.11. The molecule has 0 amide bonds. The summed E-state index contributed by atoms with van der Waals surface area (Å²) in [7, 11) is 0. The lowest BCUT2D eigenvalue weighted by Gasteiger charge is -2.16. The Bertz CT molecular complexity index is 113. The summed E-state index contributed by atoms with van der Waals surface area (Å²) in [5, 5.41) is 0. The zero-order valence-corrected chi connectivity index (χ0v) is 9.52. The van der Waals surface area contributed by atoms with Gasteiger partial charge >= 0.3 is 0 Å². The summed E-state index contributed by atoms with van der Waals surface area (Å²) >= 11 is 0. The molecule has 0 atom stereocenters. The second-order valence-electron chi connectivity index (χ2n) is 2.86. The van der Waals surface area contributed by atoms with Crippen molar-refractivity contribution in [2.24, 2.45) is 5.41 Å². The lowest BCUT2D eigenvalue weighted by molar-refractivity contribution is 0.615. The lowest BCUT2D eigenvalue weighted by atomic mass is 9.89. The Morgan fingerprint density at radius 2 is 1.17 bits per heavy atom. The van der Waals surface area contributed by atoms with E-state index in [0.29, 0.717) is 5.41 Å². The van der Waals surface area contributed by atoms with E-state index in [9.17, 15) is 0 Å². The fraction of sp³-hybridized carbons (Fsp3) is 0.667. The first kappa shape index (κ1) is 14.0. The van der Waals surface area contributed by atoms with E-state index < -0.39 is 0 Å². The summed E-state index contributed by atoms with van der Waals surface area (Å²) in [5.41, 5.74) is 0.318. The van der Waals surface area contributed by atoms with Gasteiger partial charge in [0, 0.05) is 5.41 Å². The Hall–Kier alpha value is -0.520. The summed E-state index contributed by atoms with van der Waals surface area (Å²) in [6.07, 6.45) is 10.0. The van der Waals surface area contributed by atoms with Crippen molar-refractivity contribution >= 4 is 0 Å². The van der Waals surface area contributed by atoms with Crippen molar-refractivity contribution in [3.63, 3.8) is 0 Å². The van der Waals surface area contributed by atoms with Crippen LogP contribution in [0.4, 0.5) is 0 Å². The van der Waals surface area contributed by atoms with Crippen LogP contribution >= 0.6 is 0 Å². The highest BCUT2D eigenvalue weighted by atomic mass is 14.1. The zero-order valence-electron chi connectivity index (χ0n) is 9.52. The molecular formula is C12H24. The molecule has 0 aromatic heterocycles. The Morgan fingerprint density at radius 1 is 0.833 bits per heavy atom. The fourth-order valence-corrected chi connectivity index (χ4v) is 0.878. The molecule has 0 saturated carbocycles. The molecular weight excluding hydrogens is 144 g/mol. The van der Waals surface area contributed by atoms with Gasteiger partial charge in [0.2, 0.25) is 0 Å². The summed E-state index contributed by atoms with van der Waals surface area (Å²) in [6.45, 7) is 12.4. The van der Waals surface area contributed by atoms with Gasteiger partial charge in [0.05, 0.1) is 0 Å². The first-order valence-electron chi connectivity index (χ1n) is 5.06. The minimum Gasteiger partial charge on any atom is -0.0839 e. The van der Waals surface area contributed by atoms with Crippen LogP contribution in [-0.2, 0) is 0 Å². The number of allylic oxidation sites excluding steroid dienone is 4. The van der Waals surface area contributed by atoms with Crippen LogP contribution in [-0.4, -0.2) is 0 Å². The van der Waals surface area contributed by atoms with E-state index in [1.807, 2.05) is 27.7 Å². The largest absolute Gasteiger partial charge is 0.0839 e. The number of hydrogen-bond acceptors (Lipinski definition) is 0. The predicted molar refractivity (Wildman–Crippen MR) is 59.4 cm³/mol. The van der Waals surface area contributed by atoms with Gasteiger partial charge in [0.15, 0.2) is 0 Å². The summed E-state index contributed by atoms with van der Waals surface area (Å²) in [5.74, 6) is 0. The van der Waals surface area contributed by atoms with Crippen molar-refractivity contribution in [3.05, 3.63) is 24.3 Å². The molecule has 0 nitrogen and oxygen atoms in total. The van der Waals surface area contributed by atoms with Gasteiger partial charge in [-0.25, -0.2) is 0 Å². The van der Waals surface area contributed by atoms with E-state index in [4.69, 9.17) is 0 Å². The van der Waals surface area contributed by atoms with E-state index in [-0.39, 0.29) is 0 Å². The Morgan fingerprint density at radius 3 is 1.33 bits per heavy atom. The molecule has 0 saturated heterocycles. The molecule has 12 heavy (non-hydrogen) atoms. The average molecular weight is 168 g/mol. The first-order valence-corrected chi connectivity index (χ1v) is 5.06. The molecule has 1 rings (SSSR count). The van der Waals surface area contributed by atoms with Crippen molar-refractivity contribution < 1.29 is 0 Å². The third kappa shape index (κ3) is 7.59. The third-order valence-electron chi connectivity index (χ3n) is 1.37. The molecule has 0 aromatic carbocycles. The minimum atomic E-state index is 0.318. The highest BCUT2D eigenvalue weighted by Crippen LogP contribution is 2.22. The van der Waals surface area contributed by atoms with Crippen LogP contribution in [0.3, 0.4) is 0 Å². The van der Waals surface area contributed by atoms with Gasteiger partial charge in [-0.05, 0) is 6.42 Å². The summed E-state index contributed by atoms with van der Waals surface area (Å²) in [4.78, 5) is 0. The molecule has 0 N–H and O–H groups in total. The Balaban J connectivity index is 0. The van der Waals surface area contributed by atoms with E-state index in [1.54, 1.807) is 0 Å². The van der Waals surface area contributed by atoms with Crippen LogP contribution in [0.2, 0.25) is 0 Å². The number of hydrogen-bond donors (Lipinski definition) is 0. The Kier molecular flexibility index (Phi) is 10.0. The highest BCUT2D eigenvalue weighted by Gasteiger charge is 2.09. The van der Waals surface area contributed by atoms with Crippen molar-refractivity contribution in [2.45, 2.75) is 48.0 Å². The topological polar surface area (TPSA) is 0 Å².